The summed E-state index contributed by atoms with van der Waals surface area (Å²) in [5.74, 6) is -0.207. The molecule has 2 aromatic rings. The first-order valence-corrected chi connectivity index (χ1v) is 8.82. The third-order valence-electron chi connectivity index (χ3n) is 4.10. The molecule has 1 aliphatic heterocycles. The van der Waals surface area contributed by atoms with Gasteiger partial charge in [0.1, 0.15) is 23.7 Å². The van der Waals surface area contributed by atoms with Crippen molar-refractivity contribution in [1.29, 1.82) is 0 Å². The van der Waals surface area contributed by atoms with Crippen molar-refractivity contribution in [3.8, 4) is 0 Å². The Morgan fingerprint density at radius 2 is 2.11 bits per heavy atom. The highest BCUT2D eigenvalue weighted by Gasteiger charge is 2.36. The Bertz CT molecular complexity index is 792. The standard InChI is InChI=1S/C18H23N3O6/c1-11(12-7-9-24-19-12)25-16(22)13-10-15(27-20-13)14-6-5-8-21(14)17(23)26-18(2,3)4/h7,9-11,14H,5-6,8H2,1-4H3/t11?,14-/m0/s1. The molecule has 2 atom stereocenters. The van der Waals surface area contributed by atoms with E-state index in [4.69, 9.17) is 18.5 Å². The van der Waals surface area contributed by atoms with Gasteiger partial charge in [0.05, 0.1) is 6.04 Å². The Hall–Kier alpha value is -2.84. The molecule has 3 heterocycles. The Labute approximate surface area is 156 Å². The third-order valence-corrected chi connectivity index (χ3v) is 4.10. The smallest absolute Gasteiger partial charge is 0.410 e. The number of carbonyl (C=O) groups is 2. The summed E-state index contributed by atoms with van der Waals surface area (Å²) in [6.07, 6.45) is 1.93. The van der Waals surface area contributed by atoms with Crippen LogP contribution in [0, 0.1) is 0 Å². The number of rotatable bonds is 4. The minimum atomic E-state index is -0.637. The van der Waals surface area contributed by atoms with E-state index in [2.05, 4.69) is 10.3 Å². The van der Waals surface area contributed by atoms with Crippen LogP contribution in [0.15, 0.2) is 27.4 Å². The van der Waals surface area contributed by atoms with Crippen LogP contribution in [0.2, 0.25) is 0 Å². The molecule has 1 aliphatic rings. The van der Waals surface area contributed by atoms with Crippen LogP contribution in [-0.2, 0) is 9.47 Å². The predicted octanol–water partition coefficient (Wildman–Crippen LogP) is 3.65. The van der Waals surface area contributed by atoms with Crippen molar-refractivity contribution in [2.45, 2.75) is 58.3 Å². The number of esters is 1. The van der Waals surface area contributed by atoms with Crippen LogP contribution in [0.25, 0.3) is 0 Å². The van der Waals surface area contributed by atoms with Gasteiger partial charge in [0.25, 0.3) is 0 Å². The van der Waals surface area contributed by atoms with Crippen LogP contribution in [0.5, 0.6) is 0 Å². The summed E-state index contributed by atoms with van der Waals surface area (Å²) in [6, 6.07) is 2.80. The summed E-state index contributed by atoms with van der Waals surface area (Å²) in [5.41, 5.74) is -0.0481. The Balaban J connectivity index is 1.67. The minimum Gasteiger partial charge on any atom is -0.451 e. The molecule has 0 N–H and O–H groups in total. The largest absolute Gasteiger partial charge is 0.451 e. The summed E-state index contributed by atoms with van der Waals surface area (Å²) in [6.45, 7) is 7.68. The maximum Gasteiger partial charge on any atom is 0.410 e. The molecule has 0 radical (unpaired) electrons. The van der Waals surface area contributed by atoms with Gasteiger partial charge in [-0.15, -0.1) is 0 Å². The lowest BCUT2D eigenvalue weighted by molar-refractivity contribution is 0.0201. The van der Waals surface area contributed by atoms with Crippen molar-refractivity contribution in [2.24, 2.45) is 0 Å². The van der Waals surface area contributed by atoms with Gasteiger partial charge in [0.15, 0.2) is 11.5 Å². The number of hydrogen-bond acceptors (Lipinski definition) is 8. The summed E-state index contributed by atoms with van der Waals surface area (Å²) in [5, 5.41) is 7.53. The topological polar surface area (TPSA) is 108 Å². The molecule has 9 nitrogen and oxygen atoms in total. The molecular weight excluding hydrogens is 354 g/mol. The van der Waals surface area contributed by atoms with E-state index < -0.39 is 23.8 Å². The first-order chi connectivity index (χ1) is 12.7. The number of nitrogens with zero attached hydrogens (tertiary/aromatic N) is 3. The van der Waals surface area contributed by atoms with Crippen LogP contribution >= 0.6 is 0 Å². The van der Waals surface area contributed by atoms with Gasteiger partial charge in [-0.05, 0) is 40.5 Å². The zero-order chi connectivity index (χ0) is 19.6. The van der Waals surface area contributed by atoms with Crippen LogP contribution in [0.1, 0.15) is 74.6 Å². The van der Waals surface area contributed by atoms with Crippen LogP contribution in [0.4, 0.5) is 4.79 Å². The molecule has 0 aromatic carbocycles. The highest BCUT2D eigenvalue weighted by Crippen LogP contribution is 2.33. The molecule has 1 unspecified atom stereocenters. The predicted molar refractivity (Wildman–Crippen MR) is 91.8 cm³/mol. The fraction of sp³-hybridized carbons (Fsp3) is 0.556. The first-order valence-electron chi connectivity index (χ1n) is 8.82. The summed E-state index contributed by atoms with van der Waals surface area (Å²) >= 11 is 0. The maximum absolute atomic E-state index is 12.4. The lowest BCUT2D eigenvalue weighted by Crippen LogP contribution is -2.36. The molecule has 1 fully saturated rings. The molecule has 9 heteroatoms. The lowest BCUT2D eigenvalue weighted by atomic mass is 10.1. The van der Waals surface area contributed by atoms with E-state index in [9.17, 15) is 9.59 Å². The number of carbonyl (C=O) groups excluding carboxylic acids is 2. The van der Waals surface area contributed by atoms with E-state index in [0.717, 1.165) is 6.42 Å². The molecule has 0 saturated carbocycles. The molecule has 146 valence electrons. The second-order valence-corrected chi connectivity index (χ2v) is 7.42. The number of aromatic nitrogens is 2. The molecule has 0 aliphatic carbocycles. The highest BCUT2D eigenvalue weighted by atomic mass is 16.6. The van der Waals surface area contributed by atoms with Crippen molar-refractivity contribution in [3.05, 3.63) is 35.5 Å². The minimum absolute atomic E-state index is 0.0383. The Morgan fingerprint density at radius 3 is 2.78 bits per heavy atom. The molecule has 2 aromatic heterocycles. The summed E-state index contributed by atoms with van der Waals surface area (Å²) in [7, 11) is 0. The van der Waals surface area contributed by atoms with Gasteiger partial charge >= 0.3 is 12.1 Å². The van der Waals surface area contributed by atoms with E-state index in [1.54, 1.807) is 17.9 Å². The highest BCUT2D eigenvalue weighted by molar-refractivity contribution is 5.87. The van der Waals surface area contributed by atoms with Gasteiger partial charge < -0.3 is 18.5 Å². The van der Waals surface area contributed by atoms with E-state index in [1.807, 2.05) is 20.8 Å². The van der Waals surface area contributed by atoms with Crippen LogP contribution < -0.4 is 0 Å². The van der Waals surface area contributed by atoms with Gasteiger partial charge in [-0.2, -0.15) is 0 Å². The maximum atomic E-state index is 12.4. The number of hydrogen-bond donors (Lipinski definition) is 0. The molecular formula is C18H23N3O6. The van der Waals surface area contributed by atoms with Crippen molar-refractivity contribution < 1.29 is 28.1 Å². The van der Waals surface area contributed by atoms with E-state index >= 15 is 0 Å². The molecule has 0 bridgehead atoms. The van der Waals surface area contributed by atoms with Crippen LogP contribution in [0.3, 0.4) is 0 Å². The number of ether oxygens (including phenoxy) is 2. The monoisotopic (exact) mass is 377 g/mol. The van der Waals surface area contributed by atoms with Crippen molar-refractivity contribution in [2.75, 3.05) is 6.54 Å². The average molecular weight is 377 g/mol. The van der Waals surface area contributed by atoms with Gasteiger partial charge in [-0.1, -0.05) is 10.3 Å². The Kier molecular flexibility index (Phi) is 5.20. The van der Waals surface area contributed by atoms with E-state index in [1.165, 1.54) is 12.3 Å². The fourth-order valence-electron chi connectivity index (χ4n) is 2.86. The normalized spacial score (nSPS) is 18.4. The van der Waals surface area contributed by atoms with Gasteiger partial charge in [-0.25, -0.2) is 9.59 Å². The fourth-order valence-corrected chi connectivity index (χ4v) is 2.86. The summed E-state index contributed by atoms with van der Waals surface area (Å²) < 4.78 is 20.8. The van der Waals surface area contributed by atoms with E-state index in [0.29, 0.717) is 24.4 Å². The van der Waals surface area contributed by atoms with E-state index in [-0.39, 0.29) is 11.7 Å². The van der Waals surface area contributed by atoms with Gasteiger partial charge in [0, 0.05) is 18.7 Å². The van der Waals surface area contributed by atoms with Crippen molar-refractivity contribution in [3.63, 3.8) is 0 Å². The van der Waals surface area contributed by atoms with Crippen LogP contribution in [-0.4, -0.2) is 39.4 Å². The molecule has 27 heavy (non-hydrogen) atoms. The molecule has 3 rings (SSSR count). The zero-order valence-electron chi connectivity index (χ0n) is 15.8. The lowest BCUT2D eigenvalue weighted by Gasteiger charge is -2.27. The molecule has 1 amide bonds. The second-order valence-electron chi connectivity index (χ2n) is 7.42. The third kappa shape index (κ3) is 4.47. The average Bonchev–Trinajstić information content (AvgIpc) is 3.32. The van der Waals surface area contributed by atoms with Gasteiger partial charge in [-0.3, -0.25) is 4.90 Å². The Morgan fingerprint density at radius 1 is 1.33 bits per heavy atom. The first kappa shape index (κ1) is 18.9. The number of likely N-dealkylation sites (tertiary alicyclic amines) is 1. The van der Waals surface area contributed by atoms with Gasteiger partial charge in [0.2, 0.25) is 0 Å². The molecule has 0 spiro atoms. The summed E-state index contributed by atoms with van der Waals surface area (Å²) in [4.78, 5) is 26.3. The second kappa shape index (κ2) is 7.42. The number of amides is 1. The quantitative estimate of drug-likeness (QED) is 0.743. The molecule has 1 saturated heterocycles. The van der Waals surface area contributed by atoms with Crippen molar-refractivity contribution >= 4 is 12.1 Å². The van der Waals surface area contributed by atoms with Crippen molar-refractivity contribution in [1.82, 2.24) is 15.2 Å². The SMILES string of the molecule is CC(OC(=O)c1cc([C@@H]2CCCN2C(=O)OC(C)(C)C)on1)c1ccon1. The zero-order valence-corrected chi connectivity index (χ0v) is 15.8.